The van der Waals surface area contributed by atoms with Gasteiger partial charge in [0.15, 0.2) is 0 Å². The number of fused-ring (bicyclic) bond motifs is 2. The number of aromatic hydroxyl groups is 1. The molecule has 4 N–H and O–H groups in total. The highest BCUT2D eigenvalue weighted by molar-refractivity contribution is 6.06. The predicted octanol–water partition coefficient (Wildman–Crippen LogP) is -0.243. The molecule has 1 heterocycles. The van der Waals surface area contributed by atoms with Gasteiger partial charge in [-0.25, -0.2) is 4.98 Å². The van der Waals surface area contributed by atoms with Gasteiger partial charge in [-0.15, -0.1) is 0 Å². The van der Waals surface area contributed by atoms with Gasteiger partial charge in [-0.3, -0.25) is 14.4 Å². The lowest BCUT2D eigenvalue weighted by atomic mass is 10.1. The molecule has 0 unspecified atom stereocenters. The molecule has 1 aromatic heterocycles. The van der Waals surface area contributed by atoms with Crippen molar-refractivity contribution in [2.75, 3.05) is 27.2 Å². The van der Waals surface area contributed by atoms with E-state index in [1.165, 1.54) is 19.1 Å². The summed E-state index contributed by atoms with van der Waals surface area (Å²) in [4.78, 5) is 46.3. The average Bonchev–Trinajstić information content (AvgIpc) is 2.66. The second-order valence-corrected chi connectivity index (χ2v) is 6.70. The number of hydrogen-bond acceptors (Lipinski definition) is 7. The van der Waals surface area contributed by atoms with Crippen LogP contribution in [0.1, 0.15) is 15.9 Å². The Morgan fingerprint density at radius 2 is 1.96 bits per heavy atom. The number of aromatic amines is 1. The van der Waals surface area contributed by atoms with Crippen molar-refractivity contribution in [3.63, 3.8) is 0 Å². The number of nitrogens with one attached hydrogen (secondary N) is 2. The van der Waals surface area contributed by atoms with Crippen molar-refractivity contribution in [1.29, 1.82) is 0 Å². The number of benzene rings is 2. The number of phenolic OH excluding ortho intramolecular Hbond substituents is 1. The predicted molar refractivity (Wildman–Crippen MR) is 106 cm³/mol. The monoisotopic (exact) mass is 384 g/mol. The number of hydrogen-bond donors (Lipinski definition) is 4. The molecule has 0 fully saturated rings. The third kappa shape index (κ3) is 3.16. The number of H-pyrrole nitrogens is 1. The Morgan fingerprint density at radius 1 is 1.25 bits per heavy atom. The van der Waals surface area contributed by atoms with Crippen LogP contribution in [-0.2, 0) is 0 Å². The molecule has 0 saturated heterocycles. The first-order valence-corrected chi connectivity index (χ1v) is 8.55. The zero-order chi connectivity index (χ0) is 20.6. The van der Waals surface area contributed by atoms with E-state index >= 15 is 0 Å². The lowest BCUT2D eigenvalue weighted by Crippen LogP contribution is -2.32. The van der Waals surface area contributed by atoms with Crippen LogP contribution in [0.3, 0.4) is 0 Å². The van der Waals surface area contributed by atoms with E-state index < -0.39 is 22.5 Å². The van der Waals surface area contributed by atoms with Gasteiger partial charge in [-0.05, 0) is 33.2 Å². The summed E-state index contributed by atoms with van der Waals surface area (Å²) >= 11 is 0. The maximum Gasteiger partial charge on any atom is 0.253 e. The van der Waals surface area contributed by atoms with Crippen LogP contribution in [0.25, 0.3) is 28.3 Å². The summed E-state index contributed by atoms with van der Waals surface area (Å²) in [5, 5.41) is 22.3. The normalized spacial score (nSPS) is 12.2. The molecule has 146 valence electrons. The van der Waals surface area contributed by atoms with E-state index in [0.29, 0.717) is 19.4 Å². The zero-order valence-electron chi connectivity index (χ0n) is 15.7. The highest BCUT2D eigenvalue weighted by atomic mass is 16.3. The topological polar surface area (TPSA) is 136 Å². The van der Waals surface area contributed by atoms with Crippen LogP contribution in [0, 0.1) is 6.92 Å². The van der Waals surface area contributed by atoms with E-state index in [2.05, 4.69) is 15.3 Å². The molecule has 0 spiro atoms. The number of aromatic nitrogens is 2. The van der Waals surface area contributed by atoms with Crippen molar-refractivity contribution in [1.82, 2.24) is 20.2 Å². The number of nitrogens with zero attached hydrogens (tertiary/aromatic N) is 2. The molecule has 3 aromatic rings. The summed E-state index contributed by atoms with van der Waals surface area (Å²) in [5.74, 6) is -0.827. The Kier molecular flexibility index (Phi) is 5.02. The van der Waals surface area contributed by atoms with Crippen LogP contribution in [0.4, 0.5) is 0 Å². The average molecular weight is 384 g/mol. The lowest BCUT2D eigenvalue weighted by molar-refractivity contribution is 0.0952. The van der Waals surface area contributed by atoms with Crippen molar-refractivity contribution in [3.05, 3.63) is 48.9 Å². The molecule has 1 amide bonds. The number of carbonyl (C=O) groups is 1. The fourth-order valence-electron chi connectivity index (χ4n) is 2.93. The zero-order valence-corrected chi connectivity index (χ0v) is 15.7. The van der Waals surface area contributed by atoms with E-state index in [1.807, 2.05) is 19.0 Å². The maximum atomic E-state index is 12.6. The molecular formula is C19H20N4O5. The van der Waals surface area contributed by atoms with Gasteiger partial charge in [-0.2, -0.15) is 0 Å². The first-order chi connectivity index (χ1) is 13.3. The van der Waals surface area contributed by atoms with Crippen LogP contribution in [0.2, 0.25) is 0 Å². The third-order valence-electron chi connectivity index (χ3n) is 4.50. The molecule has 0 aliphatic carbocycles. The number of phenols is 1. The number of aliphatic hydroxyl groups excluding tert-OH is 1. The van der Waals surface area contributed by atoms with Gasteiger partial charge in [0.2, 0.25) is 10.9 Å². The molecule has 0 aliphatic heterocycles. The molecule has 0 saturated carbocycles. The van der Waals surface area contributed by atoms with Gasteiger partial charge in [-0.1, -0.05) is 0 Å². The summed E-state index contributed by atoms with van der Waals surface area (Å²) in [7, 11) is 3.75. The minimum Gasteiger partial charge on any atom is -0.515 e. The van der Waals surface area contributed by atoms with Crippen molar-refractivity contribution < 1.29 is 15.0 Å². The second kappa shape index (κ2) is 7.28. The van der Waals surface area contributed by atoms with Crippen molar-refractivity contribution in [2.45, 2.75) is 6.92 Å². The molecular weight excluding hydrogens is 364 g/mol. The maximum absolute atomic E-state index is 12.6. The first kappa shape index (κ1) is 19.3. The fourth-order valence-corrected chi connectivity index (χ4v) is 2.93. The molecule has 9 heteroatoms. The van der Waals surface area contributed by atoms with E-state index in [4.69, 9.17) is 0 Å². The number of rotatable bonds is 4. The van der Waals surface area contributed by atoms with Crippen LogP contribution in [-0.4, -0.2) is 58.2 Å². The van der Waals surface area contributed by atoms with E-state index in [9.17, 15) is 24.6 Å². The van der Waals surface area contributed by atoms with Gasteiger partial charge in [0.1, 0.15) is 22.3 Å². The quantitative estimate of drug-likeness (QED) is 0.456. The molecule has 0 atom stereocenters. The Morgan fingerprint density at radius 3 is 2.61 bits per heavy atom. The highest BCUT2D eigenvalue weighted by Gasteiger charge is 2.18. The largest absolute Gasteiger partial charge is 0.515 e. The molecule has 2 aromatic carbocycles. The number of carbonyl (C=O) groups excluding carboxylic acids is 1. The van der Waals surface area contributed by atoms with Crippen molar-refractivity contribution in [3.8, 4) is 5.75 Å². The Labute approximate surface area is 158 Å². The molecule has 0 aliphatic rings. The number of likely N-dealkylation sites (N-methyl/N-ethyl adjacent to an activating group) is 1. The number of aliphatic hydroxyl groups is 1. The standard InChI is InChI=1S/C19H20N4O5/c1-9-17(26)11(8-24)14-16(18(9)27)22-13-10(4-5-12(25)15(13)21-14)19(28)20-6-7-23(2)3/h4-5,8,22,24,26H,6-7H2,1-3H3,(H,20,28). The summed E-state index contributed by atoms with van der Waals surface area (Å²) in [6.07, 6.45) is 0.624. The van der Waals surface area contributed by atoms with Crippen LogP contribution >= 0.6 is 0 Å². The summed E-state index contributed by atoms with van der Waals surface area (Å²) < 4.78 is 0. The molecule has 0 bridgehead atoms. The SMILES string of the molecule is Cc1c(O)c(=CO)c2nc3c(=O)ccc(C(=O)NCCN(C)C)c3[nH]c2c1=O. The lowest BCUT2D eigenvalue weighted by Gasteiger charge is -2.12. The second-order valence-electron chi connectivity index (χ2n) is 6.70. The van der Waals surface area contributed by atoms with Gasteiger partial charge in [0.05, 0.1) is 22.6 Å². The first-order valence-electron chi connectivity index (χ1n) is 8.55. The van der Waals surface area contributed by atoms with Gasteiger partial charge in [0, 0.05) is 18.7 Å². The summed E-state index contributed by atoms with van der Waals surface area (Å²) in [6, 6.07) is 2.58. The molecule has 3 rings (SSSR count). The number of amides is 1. The van der Waals surface area contributed by atoms with Gasteiger partial charge >= 0.3 is 0 Å². The van der Waals surface area contributed by atoms with Crippen LogP contribution < -0.4 is 21.4 Å². The van der Waals surface area contributed by atoms with Crippen molar-refractivity contribution in [2.24, 2.45) is 0 Å². The van der Waals surface area contributed by atoms with Gasteiger partial charge < -0.3 is 25.4 Å². The van der Waals surface area contributed by atoms with Crippen LogP contribution in [0.15, 0.2) is 21.7 Å². The molecule has 9 nitrogen and oxygen atoms in total. The Bertz CT molecular complexity index is 1260. The minimum absolute atomic E-state index is 0.0143. The third-order valence-corrected chi connectivity index (χ3v) is 4.50. The fraction of sp³-hybridized carbons (Fsp3) is 0.263. The van der Waals surface area contributed by atoms with E-state index in [1.54, 1.807) is 0 Å². The Balaban J connectivity index is 2.30. The van der Waals surface area contributed by atoms with E-state index in [-0.39, 0.29) is 38.4 Å². The van der Waals surface area contributed by atoms with Crippen LogP contribution in [0.5, 0.6) is 5.75 Å². The molecule has 0 radical (unpaired) electrons. The minimum atomic E-state index is -0.539. The summed E-state index contributed by atoms with van der Waals surface area (Å²) in [5.41, 5.74) is -0.839. The smallest absolute Gasteiger partial charge is 0.253 e. The van der Waals surface area contributed by atoms with E-state index in [0.717, 1.165) is 0 Å². The molecule has 28 heavy (non-hydrogen) atoms. The highest BCUT2D eigenvalue weighted by Crippen LogP contribution is 2.17. The van der Waals surface area contributed by atoms with Crippen molar-refractivity contribution >= 4 is 34.2 Å². The summed E-state index contributed by atoms with van der Waals surface area (Å²) in [6.45, 7) is 2.44. The van der Waals surface area contributed by atoms with Gasteiger partial charge in [0.25, 0.3) is 5.91 Å². The Hall–Kier alpha value is -3.46.